The minimum atomic E-state index is 0.292. The van der Waals surface area contributed by atoms with Gasteiger partial charge in [0.25, 0.3) is 0 Å². The summed E-state index contributed by atoms with van der Waals surface area (Å²) in [5.74, 6) is 2.20. The quantitative estimate of drug-likeness (QED) is 0.793. The molecule has 0 N–H and O–H groups in total. The van der Waals surface area contributed by atoms with Crippen LogP contribution in [0.5, 0.6) is 0 Å². The van der Waals surface area contributed by atoms with E-state index in [9.17, 15) is 0 Å². The van der Waals surface area contributed by atoms with E-state index in [1.165, 1.54) is 0 Å². The number of aromatic nitrogens is 1. The molecular weight excluding hydrogens is 260 g/mol. The van der Waals surface area contributed by atoms with Crippen LogP contribution in [0.4, 0.5) is 5.82 Å². The van der Waals surface area contributed by atoms with E-state index < -0.39 is 0 Å². The van der Waals surface area contributed by atoms with Crippen molar-refractivity contribution in [3.05, 3.63) is 23.4 Å². The number of methoxy groups -OCH3 is 1. The Kier molecular flexibility index (Phi) is 5.06. The average Bonchev–Trinajstić information content (AvgIpc) is 2.47. The molecule has 1 aromatic heterocycles. The van der Waals surface area contributed by atoms with Crippen molar-refractivity contribution >= 4 is 17.4 Å². The summed E-state index contributed by atoms with van der Waals surface area (Å²) in [6, 6.07) is 4.20. The third-order valence-corrected chi connectivity index (χ3v) is 4.27. The largest absolute Gasteiger partial charge is 0.379 e. The molecule has 0 aromatic carbocycles. The number of hydrogen-bond donors (Lipinski definition) is 0. The molecule has 4 heteroatoms. The summed E-state index contributed by atoms with van der Waals surface area (Å²) < 4.78 is 5.57. The second kappa shape index (κ2) is 6.58. The predicted molar refractivity (Wildman–Crippen MR) is 80.0 cm³/mol. The number of anilines is 1. The minimum absolute atomic E-state index is 0.292. The molecule has 106 valence electrons. The summed E-state index contributed by atoms with van der Waals surface area (Å²) >= 11 is 5.97. The first kappa shape index (κ1) is 14.6. The molecule has 2 atom stereocenters. The van der Waals surface area contributed by atoms with Crippen LogP contribution in [0.15, 0.2) is 12.1 Å². The van der Waals surface area contributed by atoms with Crippen LogP contribution in [0.25, 0.3) is 0 Å². The van der Waals surface area contributed by atoms with Crippen LogP contribution in [0.3, 0.4) is 0 Å². The molecule has 1 aliphatic heterocycles. The van der Waals surface area contributed by atoms with Gasteiger partial charge in [0.15, 0.2) is 0 Å². The predicted octanol–water partition coefficient (Wildman–Crippen LogP) is 3.24. The zero-order valence-corrected chi connectivity index (χ0v) is 12.8. The molecule has 0 amide bonds. The Hall–Kier alpha value is -0.800. The third-order valence-electron chi connectivity index (χ3n) is 3.96. The Bertz CT molecular complexity index is 402. The fourth-order valence-corrected chi connectivity index (χ4v) is 2.76. The summed E-state index contributed by atoms with van der Waals surface area (Å²) in [6.07, 6.45) is 2.38. The van der Waals surface area contributed by atoms with Gasteiger partial charge in [-0.2, -0.15) is 0 Å². The molecule has 1 fully saturated rings. The standard InChI is InChI=1S/C15H23ClN2O/c1-4-13-7-12(9-16)8-15(17-13)18-6-5-11(2)14(10-18)19-3/h7-8,11,14H,4-6,9-10H2,1-3H3. The fourth-order valence-electron chi connectivity index (χ4n) is 2.60. The van der Waals surface area contributed by atoms with Crippen LogP contribution in [-0.4, -0.2) is 31.3 Å². The van der Waals surface area contributed by atoms with Crippen molar-refractivity contribution in [2.45, 2.75) is 38.7 Å². The number of alkyl halides is 1. The summed E-state index contributed by atoms with van der Waals surface area (Å²) in [5, 5.41) is 0. The summed E-state index contributed by atoms with van der Waals surface area (Å²) in [5.41, 5.74) is 2.26. The molecule has 0 saturated carbocycles. The van der Waals surface area contributed by atoms with Gasteiger partial charge in [-0.15, -0.1) is 11.6 Å². The van der Waals surface area contributed by atoms with E-state index in [0.29, 0.717) is 17.9 Å². The van der Waals surface area contributed by atoms with Crippen molar-refractivity contribution in [2.75, 3.05) is 25.1 Å². The normalized spacial score (nSPS) is 23.7. The first-order valence-electron chi connectivity index (χ1n) is 7.01. The smallest absolute Gasteiger partial charge is 0.129 e. The Balaban J connectivity index is 2.21. The van der Waals surface area contributed by atoms with Crippen molar-refractivity contribution in [1.82, 2.24) is 4.98 Å². The zero-order chi connectivity index (χ0) is 13.8. The molecular formula is C15H23ClN2O. The van der Waals surface area contributed by atoms with Crippen LogP contribution in [-0.2, 0) is 17.0 Å². The van der Waals surface area contributed by atoms with Gasteiger partial charge in [-0.25, -0.2) is 4.98 Å². The van der Waals surface area contributed by atoms with Crippen LogP contribution in [0.2, 0.25) is 0 Å². The monoisotopic (exact) mass is 282 g/mol. The number of ether oxygens (including phenoxy) is 1. The summed E-state index contributed by atoms with van der Waals surface area (Å²) in [6.45, 7) is 6.34. The number of piperidine rings is 1. The van der Waals surface area contributed by atoms with Crippen molar-refractivity contribution in [3.63, 3.8) is 0 Å². The van der Waals surface area contributed by atoms with Gasteiger partial charge in [0.05, 0.1) is 6.10 Å². The highest BCUT2D eigenvalue weighted by atomic mass is 35.5. The van der Waals surface area contributed by atoms with E-state index in [1.54, 1.807) is 7.11 Å². The molecule has 1 aliphatic rings. The fraction of sp³-hybridized carbons (Fsp3) is 0.667. The molecule has 1 saturated heterocycles. The number of aryl methyl sites for hydroxylation is 1. The molecule has 0 radical (unpaired) electrons. The van der Waals surface area contributed by atoms with Crippen molar-refractivity contribution < 1.29 is 4.74 Å². The molecule has 0 spiro atoms. The van der Waals surface area contributed by atoms with E-state index in [2.05, 4.69) is 30.9 Å². The van der Waals surface area contributed by atoms with Gasteiger partial charge in [0, 0.05) is 31.8 Å². The highest BCUT2D eigenvalue weighted by Crippen LogP contribution is 2.25. The minimum Gasteiger partial charge on any atom is -0.379 e. The molecule has 0 aliphatic carbocycles. The number of hydrogen-bond acceptors (Lipinski definition) is 3. The molecule has 2 rings (SSSR count). The number of rotatable bonds is 4. The van der Waals surface area contributed by atoms with Gasteiger partial charge in [0.1, 0.15) is 5.82 Å². The lowest BCUT2D eigenvalue weighted by atomic mass is 9.96. The first-order valence-corrected chi connectivity index (χ1v) is 7.55. The maximum atomic E-state index is 5.97. The maximum Gasteiger partial charge on any atom is 0.129 e. The second-order valence-corrected chi connectivity index (χ2v) is 5.57. The van der Waals surface area contributed by atoms with E-state index in [4.69, 9.17) is 21.3 Å². The van der Waals surface area contributed by atoms with Gasteiger partial charge < -0.3 is 9.64 Å². The topological polar surface area (TPSA) is 25.4 Å². The molecule has 19 heavy (non-hydrogen) atoms. The molecule has 2 unspecified atom stereocenters. The maximum absolute atomic E-state index is 5.97. The van der Waals surface area contributed by atoms with E-state index in [-0.39, 0.29) is 0 Å². The molecule has 2 heterocycles. The number of halogens is 1. The van der Waals surface area contributed by atoms with Crippen LogP contribution < -0.4 is 4.90 Å². The molecule has 0 bridgehead atoms. The van der Waals surface area contributed by atoms with E-state index in [0.717, 1.165) is 43.0 Å². The van der Waals surface area contributed by atoms with Crippen LogP contribution in [0.1, 0.15) is 31.5 Å². The lowest BCUT2D eigenvalue weighted by Gasteiger charge is -2.37. The lowest BCUT2D eigenvalue weighted by molar-refractivity contribution is 0.0496. The average molecular weight is 283 g/mol. The van der Waals surface area contributed by atoms with Crippen molar-refractivity contribution in [2.24, 2.45) is 5.92 Å². The van der Waals surface area contributed by atoms with Crippen molar-refractivity contribution in [1.29, 1.82) is 0 Å². The SMILES string of the molecule is CCc1cc(CCl)cc(N2CCC(C)C(OC)C2)n1. The Morgan fingerprint density at radius 3 is 2.89 bits per heavy atom. The Labute approximate surface area is 120 Å². The van der Waals surface area contributed by atoms with Crippen LogP contribution in [0, 0.1) is 5.92 Å². The highest BCUT2D eigenvalue weighted by Gasteiger charge is 2.26. The first-order chi connectivity index (χ1) is 9.17. The molecule has 1 aromatic rings. The second-order valence-electron chi connectivity index (χ2n) is 5.30. The van der Waals surface area contributed by atoms with Crippen LogP contribution >= 0.6 is 11.6 Å². The van der Waals surface area contributed by atoms with Crippen molar-refractivity contribution in [3.8, 4) is 0 Å². The van der Waals surface area contributed by atoms with Gasteiger partial charge >= 0.3 is 0 Å². The number of pyridine rings is 1. The van der Waals surface area contributed by atoms with Gasteiger partial charge in [-0.3, -0.25) is 0 Å². The van der Waals surface area contributed by atoms with Gasteiger partial charge in [-0.1, -0.05) is 13.8 Å². The summed E-state index contributed by atoms with van der Waals surface area (Å²) in [7, 11) is 1.80. The molecule has 3 nitrogen and oxygen atoms in total. The third kappa shape index (κ3) is 3.40. The Morgan fingerprint density at radius 2 is 2.26 bits per heavy atom. The number of nitrogens with zero attached hydrogens (tertiary/aromatic N) is 2. The Morgan fingerprint density at radius 1 is 1.47 bits per heavy atom. The van der Waals surface area contributed by atoms with Gasteiger partial charge in [-0.05, 0) is 36.5 Å². The lowest BCUT2D eigenvalue weighted by Crippen LogP contribution is -2.44. The summed E-state index contributed by atoms with van der Waals surface area (Å²) in [4.78, 5) is 7.05. The van der Waals surface area contributed by atoms with Gasteiger partial charge in [0.2, 0.25) is 0 Å². The highest BCUT2D eigenvalue weighted by molar-refractivity contribution is 6.17. The van der Waals surface area contributed by atoms with E-state index >= 15 is 0 Å². The van der Waals surface area contributed by atoms with E-state index in [1.807, 2.05) is 0 Å². The zero-order valence-electron chi connectivity index (χ0n) is 12.0.